The van der Waals surface area contributed by atoms with Gasteiger partial charge in [-0.3, -0.25) is 4.98 Å². The topological polar surface area (TPSA) is 40.7 Å². The molecule has 4 rings (SSSR count). The summed E-state index contributed by atoms with van der Waals surface area (Å²) in [5.41, 5.74) is 6.70. The van der Waals surface area contributed by atoms with Crippen LogP contribution >= 0.6 is 0 Å². The summed E-state index contributed by atoms with van der Waals surface area (Å²) in [4.78, 5) is 7.30. The number of aromatic amines is 1. The van der Waals surface area contributed by atoms with Gasteiger partial charge in [0.05, 0.1) is 0 Å². The molecule has 3 heteroatoms. The number of rotatable bonds is 1. The van der Waals surface area contributed by atoms with Gasteiger partial charge < -0.3 is 10.3 Å². The smallest absolute Gasteiger partial charge is 0.0432 e. The molecule has 0 bridgehead atoms. The summed E-state index contributed by atoms with van der Waals surface area (Å²) in [6, 6.07) is 14.2. The summed E-state index contributed by atoms with van der Waals surface area (Å²) in [5, 5.41) is 3.42. The van der Waals surface area contributed by atoms with E-state index in [1.165, 1.54) is 11.1 Å². The maximum absolute atomic E-state index is 4.08. The zero-order valence-electron chi connectivity index (χ0n) is 12.5. The Labute approximate surface area is 135 Å². The first kappa shape index (κ1) is 13.4. The molecule has 0 aliphatic carbocycles. The van der Waals surface area contributed by atoms with Crippen LogP contribution in [0.1, 0.15) is 22.4 Å². The Balaban J connectivity index is 1.67. The van der Waals surface area contributed by atoms with Gasteiger partial charge >= 0.3 is 0 Å². The molecule has 0 amide bonds. The maximum Gasteiger partial charge on any atom is 0.0432 e. The number of hydrogen-bond acceptors (Lipinski definition) is 2. The fraction of sp³-hybridized carbons (Fsp3) is 0.0500. The van der Waals surface area contributed by atoms with E-state index in [4.69, 9.17) is 0 Å². The molecule has 0 fully saturated rings. The van der Waals surface area contributed by atoms with E-state index in [0.717, 1.165) is 29.1 Å². The number of benzene rings is 1. The molecule has 3 nitrogen and oxygen atoms in total. The first-order valence-corrected chi connectivity index (χ1v) is 7.53. The van der Waals surface area contributed by atoms with Gasteiger partial charge in [0.1, 0.15) is 0 Å². The van der Waals surface area contributed by atoms with Gasteiger partial charge in [-0.15, -0.1) is 0 Å². The summed E-state index contributed by atoms with van der Waals surface area (Å²) < 4.78 is 0. The van der Waals surface area contributed by atoms with E-state index >= 15 is 0 Å². The highest BCUT2D eigenvalue weighted by Gasteiger charge is 2.15. The second kappa shape index (κ2) is 5.86. The molecule has 3 heterocycles. The molecule has 0 radical (unpaired) electrons. The molecule has 0 unspecified atom stereocenters. The molecule has 1 aromatic carbocycles. The number of nitrogens with zero attached hydrogens (tertiary/aromatic N) is 1. The lowest BCUT2D eigenvalue weighted by Crippen LogP contribution is -1.91. The largest absolute Gasteiger partial charge is 0.380 e. The van der Waals surface area contributed by atoms with E-state index in [2.05, 4.69) is 51.4 Å². The number of H-pyrrole nitrogens is 1. The van der Waals surface area contributed by atoms with Gasteiger partial charge in [0, 0.05) is 53.2 Å². The van der Waals surface area contributed by atoms with E-state index < -0.39 is 0 Å². The second-order valence-electron chi connectivity index (χ2n) is 5.40. The van der Waals surface area contributed by atoms with Gasteiger partial charge in [-0.2, -0.15) is 0 Å². The summed E-state index contributed by atoms with van der Waals surface area (Å²) in [5.74, 6) is 6.37. The van der Waals surface area contributed by atoms with Gasteiger partial charge in [0.15, 0.2) is 0 Å². The number of anilines is 1. The van der Waals surface area contributed by atoms with E-state index in [9.17, 15) is 0 Å². The first-order chi connectivity index (χ1) is 11.4. The predicted octanol–water partition coefficient (Wildman–Crippen LogP) is 3.78. The van der Waals surface area contributed by atoms with Crippen LogP contribution in [0, 0.1) is 11.8 Å². The highest BCUT2D eigenvalue weighted by atomic mass is 14.9. The number of fused-ring (bicyclic) bond motifs is 1. The molecular formula is C20H15N3. The van der Waals surface area contributed by atoms with Crippen molar-refractivity contribution < 1.29 is 0 Å². The van der Waals surface area contributed by atoms with E-state index in [-0.39, 0.29) is 0 Å². The number of nitrogens with one attached hydrogen (secondary N) is 2. The molecule has 1 aliphatic heterocycles. The van der Waals surface area contributed by atoms with Crippen molar-refractivity contribution in [1.29, 1.82) is 0 Å². The van der Waals surface area contributed by atoms with Crippen LogP contribution in [0.5, 0.6) is 0 Å². The summed E-state index contributed by atoms with van der Waals surface area (Å²) in [7, 11) is 0. The summed E-state index contributed by atoms with van der Waals surface area (Å²) in [6.07, 6.45) is 7.64. The third kappa shape index (κ3) is 2.88. The van der Waals surface area contributed by atoms with Crippen molar-refractivity contribution in [3.63, 3.8) is 0 Å². The lowest BCUT2D eigenvalue weighted by molar-refractivity contribution is 1.31. The van der Waals surface area contributed by atoms with Crippen LogP contribution in [0.15, 0.2) is 61.1 Å². The summed E-state index contributed by atoms with van der Waals surface area (Å²) >= 11 is 0. The van der Waals surface area contributed by atoms with Crippen LogP contribution in [-0.2, 0) is 0 Å². The average Bonchev–Trinajstić information content (AvgIpc) is 3.24. The molecule has 0 saturated carbocycles. The maximum atomic E-state index is 4.08. The van der Waals surface area contributed by atoms with Gasteiger partial charge in [0.2, 0.25) is 0 Å². The normalized spacial score (nSPS) is 14.0. The molecule has 2 aromatic heterocycles. The molecule has 23 heavy (non-hydrogen) atoms. The first-order valence-electron chi connectivity index (χ1n) is 7.53. The molecule has 0 atom stereocenters. The Kier molecular flexibility index (Phi) is 3.42. The minimum atomic E-state index is 0.841. The van der Waals surface area contributed by atoms with Crippen LogP contribution in [0.4, 0.5) is 5.69 Å². The van der Waals surface area contributed by atoms with E-state index in [1.807, 2.05) is 30.5 Å². The Hall–Kier alpha value is -3.25. The van der Waals surface area contributed by atoms with E-state index in [0.29, 0.717) is 0 Å². The van der Waals surface area contributed by atoms with Gasteiger partial charge in [-0.05, 0) is 54.1 Å². The Bertz CT molecular complexity index is 911. The quantitative estimate of drug-likeness (QED) is 0.671. The number of hydrogen-bond donors (Lipinski definition) is 2. The van der Waals surface area contributed by atoms with Crippen molar-refractivity contribution in [3.05, 3.63) is 83.4 Å². The van der Waals surface area contributed by atoms with Gasteiger partial charge in [0.25, 0.3) is 0 Å². The lowest BCUT2D eigenvalue weighted by atomic mass is 10.0. The van der Waals surface area contributed by atoms with Crippen LogP contribution in [-0.4, -0.2) is 16.5 Å². The van der Waals surface area contributed by atoms with Crippen molar-refractivity contribution in [2.45, 2.75) is 0 Å². The zero-order valence-corrected chi connectivity index (χ0v) is 12.5. The number of aromatic nitrogens is 2. The van der Waals surface area contributed by atoms with Crippen molar-refractivity contribution in [3.8, 4) is 11.8 Å². The molecule has 0 spiro atoms. The molecule has 0 saturated heterocycles. The zero-order chi connectivity index (χ0) is 15.5. The molecule has 3 aromatic rings. The second-order valence-corrected chi connectivity index (χ2v) is 5.40. The Morgan fingerprint density at radius 1 is 1.04 bits per heavy atom. The van der Waals surface area contributed by atoms with Gasteiger partial charge in [-0.25, -0.2) is 0 Å². The molecular weight excluding hydrogens is 282 g/mol. The van der Waals surface area contributed by atoms with E-state index in [1.54, 1.807) is 12.4 Å². The van der Waals surface area contributed by atoms with Crippen molar-refractivity contribution in [1.82, 2.24) is 9.97 Å². The van der Waals surface area contributed by atoms with Crippen molar-refractivity contribution >= 4 is 17.3 Å². The monoisotopic (exact) mass is 297 g/mol. The minimum Gasteiger partial charge on any atom is -0.380 e. The highest BCUT2D eigenvalue weighted by molar-refractivity contribution is 5.92. The standard InChI is InChI=1S/C20H15N3/c1-3-16(13-21-9-1)6-5-15-7-8-20-19(11-15)17(14-23-20)12-18-4-2-10-22-18/h1-4,7-13,22-23H,14H2/b17-12+. The lowest BCUT2D eigenvalue weighted by Gasteiger charge is -2.00. The van der Waals surface area contributed by atoms with Gasteiger partial charge in [-0.1, -0.05) is 11.8 Å². The van der Waals surface area contributed by atoms with Crippen LogP contribution in [0.25, 0.3) is 11.6 Å². The fourth-order valence-corrected chi connectivity index (χ4v) is 2.66. The highest BCUT2D eigenvalue weighted by Crippen LogP contribution is 2.32. The molecule has 1 aliphatic rings. The van der Waals surface area contributed by atoms with Crippen molar-refractivity contribution in [2.75, 3.05) is 11.9 Å². The fourth-order valence-electron chi connectivity index (χ4n) is 2.66. The van der Waals surface area contributed by atoms with Crippen LogP contribution < -0.4 is 5.32 Å². The summed E-state index contributed by atoms with van der Waals surface area (Å²) in [6.45, 7) is 0.841. The van der Waals surface area contributed by atoms with Crippen LogP contribution in [0.3, 0.4) is 0 Å². The van der Waals surface area contributed by atoms with Crippen LogP contribution in [0.2, 0.25) is 0 Å². The molecule has 110 valence electrons. The van der Waals surface area contributed by atoms with Crippen molar-refractivity contribution in [2.24, 2.45) is 0 Å². The Morgan fingerprint density at radius 2 is 2.00 bits per heavy atom. The SMILES string of the molecule is C(#Cc1ccc2c(c1)/C(=C/c1ccc[nH]1)CN2)c1cccnc1. The predicted molar refractivity (Wildman–Crippen MR) is 93.8 cm³/mol. The Morgan fingerprint density at radius 3 is 2.83 bits per heavy atom. The minimum absolute atomic E-state index is 0.841. The molecule has 2 N–H and O–H groups in total. The third-order valence-corrected chi connectivity index (χ3v) is 3.80. The third-order valence-electron chi connectivity index (χ3n) is 3.80. The number of pyridine rings is 1. The average molecular weight is 297 g/mol.